The van der Waals surface area contributed by atoms with Gasteiger partial charge in [0.1, 0.15) is 5.78 Å². The summed E-state index contributed by atoms with van der Waals surface area (Å²) in [7, 11) is 0. The summed E-state index contributed by atoms with van der Waals surface area (Å²) in [6.45, 7) is 1.64. The number of unbranched alkanes of at least 4 members (excludes halogenated alkanes) is 1. The van der Waals surface area contributed by atoms with Gasteiger partial charge in [-0.05, 0) is 19.8 Å². The van der Waals surface area contributed by atoms with Crippen molar-refractivity contribution in [1.82, 2.24) is 10.6 Å². The van der Waals surface area contributed by atoms with E-state index >= 15 is 0 Å². The third kappa shape index (κ3) is 2.70. The Morgan fingerprint density at radius 3 is 3.00 bits per heavy atom. The molecular weight excluding hydrogens is 224 g/mol. The number of nitrogens with one attached hydrogen (secondary N) is 2. The first kappa shape index (κ1) is 11.8. The molecule has 2 amide bonds. The lowest BCUT2D eigenvalue weighted by Crippen LogP contribution is -2.36. The molecule has 3 atom stereocenters. The van der Waals surface area contributed by atoms with E-state index in [1.807, 2.05) is 11.8 Å². The zero-order chi connectivity index (χ0) is 11.5. The molecule has 0 aromatic heterocycles. The molecule has 2 fully saturated rings. The van der Waals surface area contributed by atoms with Crippen molar-refractivity contribution in [3.05, 3.63) is 0 Å². The zero-order valence-electron chi connectivity index (χ0n) is 9.49. The first-order chi connectivity index (χ1) is 7.66. The molecule has 90 valence electrons. The lowest BCUT2D eigenvalue weighted by Gasteiger charge is -2.16. The van der Waals surface area contributed by atoms with Gasteiger partial charge in [-0.3, -0.25) is 0 Å². The molecule has 0 unspecified atom stereocenters. The Balaban J connectivity index is 1.70. The normalized spacial score (nSPS) is 32.1. The molecule has 2 heterocycles. The molecule has 4 nitrogen and oxygen atoms in total. The van der Waals surface area contributed by atoms with Crippen molar-refractivity contribution in [3.8, 4) is 0 Å². The van der Waals surface area contributed by atoms with Crippen LogP contribution in [0.1, 0.15) is 32.6 Å². The highest BCUT2D eigenvalue weighted by Gasteiger charge is 2.42. The van der Waals surface area contributed by atoms with Gasteiger partial charge < -0.3 is 15.4 Å². The molecule has 0 radical (unpaired) electrons. The van der Waals surface area contributed by atoms with Crippen LogP contribution in [-0.2, 0) is 4.79 Å². The SMILES string of the molecule is CC(=O)CCCC[C@@H]1SC[C@@H]2NC(=O)N[C@@H]21. The Hall–Kier alpha value is -0.710. The number of hydrogen-bond acceptors (Lipinski definition) is 3. The molecule has 5 heteroatoms. The fourth-order valence-corrected chi connectivity index (χ4v) is 3.91. The summed E-state index contributed by atoms with van der Waals surface area (Å²) < 4.78 is 0. The van der Waals surface area contributed by atoms with Crippen LogP contribution in [-0.4, -0.2) is 34.9 Å². The molecular formula is C11H18N2O2S. The van der Waals surface area contributed by atoms with Crippen molar-refractivity contribution in [2.75, 3.05) is 5.75 Å². The zero-order valence-corrected chi connectivity index (χ0v) is 10.3. The molecule has 0 spiro atoms. The van der Waals surface area contributed by atoms with Crippen molar-refractivity contribution in [2.45, 2.75) is 49.9 Å². The number of urea groups is 1. The largest absolute Gasteiger partial charge is 0.332 e. The second-order valence-corrected chi connectivity index (χ2v) is 5.84. The van der Waals surface area contributed by atoms with E-state index in [9.17, 15) is 9.59 Å². The molecule has 2 N–H and O–H groups in total. The van der Waals surface area contributed by atoms with E-state index in [1.54, 1.807) is 6.92 Å². The number of Topliss-reactive ketones (excluding diaryl/α,β-unsaturated/α-hetero) is 1. The maximum Gasteiger partial charge on any atom is 0.315 e. The lowest BCUT2D eigenvalue weighted by atomic mass is 10.0. The van der Waals surface area contributed by atoms with Crippen LogP contribution in [0.15, 0.2) is 0 Å². The molecule has 0 bridgehead atoms. The number of rotatable bonds is 5. The number of fused-ring (bicyclic) bond motifs is 1. The lowest BCUT2D eigenvalue weighted by molar-refractivity contribution is -0.117. The summed E-state index contributed by atoms with van der Waals surface area (Å²) in [5, 5.41) is 6.43. The third-order valence-electron chi connectivity index (χ3n) is 3.21. The molecule has 2 aliphatic heterocycles. The second-order valence-electron chi connectivity index (χ2n) is 4.57. The van der Waals surface area contributed by atoms with E-state index in [1.165, 1.54) is 0 Å². The summed E-state index contributed by atoms with van der Waals surface area (Å²) in [6, 6.07) is 0.592. The Bertz CT molecular complexity index is 296. The molecule has 0 aromatic rings. The Morgan fingerprint density at radius 1 is 1.44 bits per heavy atom. The van der Waals surface area contributed by atoms with Crippen molar-refractivity contribution < 1.29 is 9.59 Å². The van der Waals surface area contributed by atoms with Crippen LogP contribution >= 0.6 is 11.8 Å². The van der Waals surface area contributed by atoms with Crippen LogP contribution in [0.2, 0.25) is 0 Å². The van der Waals surface area contributed by atoms with Crippen molar-refractivity contribution in [1.29, 1.82) is 0 Å². The fourth-order valence-electron chi connectivity index (χ4n) is 2.36. The molecule has 2 saturated heterocycles. The van der Waals surface area contributed by atoms with Crippen LogP contribution in [0, 0.1) is 0 Å². The minimum atomic E-state index is -0.0240. The van der Waals surface area contributed by atoms with Gasteiger partial charge >= 0.3 is 6.03 Å². The molecule has 16 heavy (non-hydrogen) atoms. The molecule has 0 aromatic carbocycles. The van der Waals surface area contributed by atoms with E-state index in [0.717, 1.165) is 25.0 Å². The predicted octanol–water partition coefficient (Wildman–Crippen LogP) is 1.30. The van der Waals surface area contributed by atoms with E-state index in [-0.39, 0.29) is 11.8 Å². The Morgan fingerprint density at radius 2 is 2.25 bits per heavy atom. The number of thioether (sulfide) groups is 1. The van der Waals surface area contributed by atoms with Gasteiger partial charge in [0.2, 0.25) is 0 Å². The highest BCUT2D eigenvalue weighted by Crippen LogP contribution is 2.33. The van der Waals surface area contributed by atoms with Gasteiger partial charge in [0.05, 0.1) is 12.1 Å². The highest BCUT2D eigenvalue weighted by atomic mass is 32.2. The van der Waals surface area contributed by atoms with E-state index in [0.29, 0.717) is 23.8 Å². The van der Waals surface area contributed by atoms with E-state index in [4.69, 9.17) is 0 Å². The summed E-state index contributed by atoms with van der Waals surface area (Å²) >= 11 is 1.93. The number of carbonyl (C=O) groups excluding carboxylic acids is 2. The fraction of sp³-hybridized carbons (Fsp3) is 0.818. The topological polar surface area (TPSA) is 58.2 Å². The van der Waals surface area contributed by atoms with E-state index < -0.39 is 0 Å². The van der Waals surface area contributed by atoms with Gasteiger partial charge in [-0.15, -0.1) is 0 Å². The molecule has 2 aliphatic rings. The third-order valence-corrected chi connectivity index (χ3v) is 4.71. The quantitative estimate of drug-likeness (QED) is 0.564. The van der Waals surface area contributed by atoms with Gasteiger partial charge in [-0.25, -0.2) is 4.79 Å². The first-order valence-electron chi connectivity index (χ1n) is 5.85. The van der Waals surface area contributed by atoms with Gasteiger partial charge in [0.15, 0.2) is 0 Å². The number of amides is 2. The molecule has 2 rings (SSSR count). The minimum absolute atomic E-state index is 0.0240. The maximum absolute atomic E-state index is 11.1. The second kappa shape index (κ2) is 5.08. The summed E-state index contributed by atoms with van der Waals surface area (Å²) in [6.07, 6.45) is 3.85. The van der Waals surface area contributed by atoms with Crippen LogP contribution in [0.25, 0.3) is 0 Å². The van der Waals surface area contributed by atoms with Crippen molar-refractivity contribution >= 4 is 23.6 Å². The first-order valence-corrected chi connectivity index (χ1v) is 6.90. The smallest absolute Gasteiger partial charge is 0.315 e. The molecule has 0 aliphatic carbocycles. The highest BCUT2D eigenvalue weighted by molar-refractivity contribution is 8.00. The van der Waals surface area contributed by atoms with Gasteiger partial charge in [0, 0.05) is 17.4 Å². The molecule has 0 saturated carbocycles. The van der Waals surface area contributed by atoms with Crippen molar-refractivity contribution in [3.63, 3.8) is 0 Å². The van der Waals surface area contributed by atoms with Gasteiger partial charge in [-0.1, -0.05) is 6.42 Å². The van der Waals surface area contributed by atoms with Gasteiger partial charge in [0.25, 0.3) is 0 Å². The number of ketones is 1. The van der Waals surface area contributed by atoms with Crippen LogP contribution in [0.4, 0.5) is 4.79 Å². The average molecular weight is 242 g/mol. The Labute approximate surface area is 99.9 Å². The minimum Gasteiger partial charge on any atom is -0.332 e. The summed E-state index contributed by atoms with van der Waals surface area (Å²) in [5.74, 6) is 1.29. The average Bonchev–Trinajstić information content (AvgIpc) is 2.72. The van der Waals surface area contributed by atoms with Gasteiger partial charge in [-0.2, -0.15) is 11.8 Å². The van der Waals surface area contributed by atoms with E-state index in [2.05, 4.69) is 10.6 Å². The number of carbonyl (C=O) groups is 2. The standard InChI is InChI=1S/C11H18N2O2S/c1-7(14)4-2-3-5-9-10-8(6-16-9)12-11(15)13-10/h8-10H,2-6H2,1H3,(H2,12,13,15)/t8-,9-,10-/m0/s1. The maximum atomic E-state index is 11.1. The van der Waals surface area contributed by atoms with Crippen LogP contribution in [0.5, 0.6) is 0 Å². The summed E-state index contributed by atoms with van der Waals surface area (Å²) in [4.78, 5) is 21.9. The monoisotopic (exact) mass is 242 g/mol. The Kier molecular flexibility index (Phi) is 3.74. The predicted molar refractivity (Wildman–Crippen MR) is 64.6 cm³/mol. The summed E-state index contributed by atoms with van der Waals surface area (Å²) in [5.41, 5.74) is 0. The van der Waals surface area contributed by atoms with Crippen molar-refractivity contribution in [2.24, 2.45) is 0 Å². The van der Waals surface area contributed by atoms with Crippen LogP contribution < -0.4 is 10.6 Å². The number of hydrogen-bond donors (Lipinski definition) is 2. The van der Waals surface area contributed by atoms with Crippen LogP contribution in [0.3, 0.4) is 0 Å².